The van der Waals surface area contributed by atoms with E-state index in [1.807, 2.05) is 13.0 Å². The summed E-state index contributed by atoms with van der Waals surface area (Å²) in [6, 6.07) is 8.91. The maximum absolute atomic E-state index is 13.1. The predicted molar refractivity (Wildman–Crippen MR) is 127 cm³/mol. The topological polar surface area (TPSA) is 60.7 Å². The van der Waals surface area contributed by atoms with E-state index in [2.05, 4.69) is 5.32 Å². The van der Waals surface area contributed by atoms with Crippen LogP contribution in [0, 0.1) is 12.7 Å². The minimum atomic E-state index is -0.240. The second kappa shape index (κ2) is 10.8. The average molecular weight is 454 g/mol. The van der Waals surface area contributed by atoms with Gasteiger partial charge in [0.15, 0.2) is 17.1 Å². The summed E-state index contributed by atoms with van der Waals surface area (Å²) in [5.74, 6) is 0.629. The molecule has 176 valence electrons. The number of hydrogen-bond donors (Lipinski definition) is 1. The molecule has 1 aromatic heterocycles. The van der Waals surface area contributed by atoms with Crippen LogP contribution in [0.25, 0.3) is 11.0 Å². The number of halogens is 1. The Morgan fingerprint density at radius 2 is 1.82 bits per heavy atom. The highest BCUT2D eigenvalue weighted by Gasteiger charge is 2.25. The van der Waals surface area contributed by atoms with Crippen molar-refractivity contribution in [1.82, 2.24) is 5.32 Å². The number of carbonyl (C=O) groups is 1. The number of ketones is 1. The van der Waals surface area contributed by atoms with Crippen molar-refractivity contribution in [3.05, 3.63) is 59.1 Å². The molecule has 1 aliphatic rings. The first-order valence-electron chi connectivity index (χ1n) is 11.8. The lowest BCUT2D eigenvalue weighted by Crippen LogP contribution is -2.30. The van der Waals surface area contributed by atoms with E-state index < -0.39 is 0 Å². The van der Waals surface area contributed by atoms with Crippen LogP contribution in [0.5, 0.6) is 11.5 Å². The molecule has 0 saturated heterocycles. The molecule has 1 aliphatic carbocycles. The van der Waals surface area contributed by atoms with Gasteiger partial charge in [-0.2, -0.15) is 0 Å². The van der Waals surface area contributed by atoms with E-state index in [9.17, 15) is 9.18 Å². The van der Waals surface area contributed by atoms with Crippen molar-refractivity contribution in [2.45, 2.75) is 58.4 Å². The van der Waals surface area contributed by atoms with Crippen molar-refractivity contribution in [1.29, 1.82) is 0 Å². The molecule has 0 spiro atoms. The SMILES string of the molecule is CC(=O)c1c(OCCNC2CCCC2)c(OCCCc2ccc(F)cc2)c2occc2c1C. The zero-order valence-electron chi connectivity index (χ0n) is 19.4. The summed E-state index contributed by atoms with van der Waals surface area (Å²) in [6.07, 6.45) is 8.07. The van der Waals surface area contributed by atoms with Gasteiger partial charge in [0.2, 0.25) is 5.75 Å². The lowest BCUT2D eigenvalue weighted by Gasteiger charge is -2.19. The van der Waals surface area contributed by atoms with Crippen molar-refractivity contribution >= 4 is 16.8 Å². The molecule has 0 aliphatic heterocycles. The zero-order valence-corrected chi connectivity index (χ0v) is 19.4. The monoisotopic (exact) mass is 453 g/mol. The number of rotatable bonds is 11. The first-order chi connectivity index (χ1) is 16.0. The molecule has 0 atom stereocenters. The molecule has 5 nitrogen and oxygen atoms in total. The third-order valence-electron chi connectivity index (χ3n) is 6.34. The normalized spacial score (nSPS) is 14.2. The molecular formula is C27H32FNO4. The largest absolute Gasteiger partial charge is 0.487 e. The second-order valence-electron chi connectivity index (χ2n) is 8.74. The van der Waals surface area contributed by atoms with Crippen LogP contribution in [-0.2, 0) is 6.42 Å². The van der Waals surface area contributed by atoms with Crippen LogP contribution >= 0.6 is 0 Å². The molecule has 1 fully saturated rings. The fourth-order valence-electron chi connectivity index (χ4n) is 4.64. The summed E-state index contributed by atoms with van der Waals surface area (Å²) in [6.45, 7) is 5.03. The summed E-state index contributed by atoms with van der Waals surface area (Å²) in [4.78, 5) is 12.6. The van der Waals surface area contributed by atoms with Gasteiger partial charge in [-0.05, 0) is 68.9 Å². The number of nitrogens with one attached hydrogen (secondary N) is 1. The molecule has 2 aromatic carbocycles. The van der Waals surface area contributed by atoms with E-state index in [1.54, 1.807) is 25.3 Å². The van der Waals surface area contributed by atoms with E-state index in [-0.39, 0.29) is 11.6 Å². The van der Waals surface area contributed by atoms with Crippen LogP contribution < -0.4 is 14.8 Å². The Hall–Kier alpha value is -2.86. The predicted octanol–water partition coefficient (Wildman–Crippen LogP) is 6.01. The van der Waals surface area contributed by atoms with Crippen LogP contribution in [-0.4, -0.2) is 31.6 Å². The number of aryl methyl sites for hydroxylation is 2. The molecule has 33 heavy (non-hydrogen) atoms. The Labute approximate surface area is 194 Å². The van der Waals surface area contributed by atoms with Crippen LogP contribution in [0.4, 0.5) is 4.39 Å². The van der Waals surface area contributed by atoms with Gasteiger partial charge < -0.3 is 19.2 Å². The highest BCUT2D eigenvalue weighted by molar-refractivity contribution is 6.05. The van der Waals surface area contributed by atoms with Gasteiger partial charge in [0.1, 0.15) is 12.4 Å². The van der Waals surface area contributed by atoms with Crippen molar-refractivity contribution in [2.24, 2.45) is 0 Å². The van der Waals surface area contributed by atoms with Gasteiger partial charge in [0.05, 0.1) is 18.4 Å². The van der Waals surface area contributed by atoms with Crippen molar-refractivity contribution in [3.63, 3.8) is 0 Å². The smallest absolute Gasteiger partial charge is 0.205 e. The fourth-order valence-corrected chi connectivity index (χ4v) is 4.64. The van der Waals surface area contributed by atoms with Gasteiger partial charge >= 0.3 is 0 Å². The maximum atomic E-state index is 13.1. The molecule has 0 radical (unpaired) electrons. The Morgan fingerprint density at radius 1 is 1.09 bits per heavy atom. The van der Waals surface area contributed by atoms with Crippen LogP contribution in [0.15, 0.2) is 41.0 Å². The molecule has 3 aromatic rings. The number of benzene rings is 2. The standard InChI is InChI=1S/C27H32FNO4/c1-18-23-13-16-32-25(23)27(31-15-5-6-20-9-11-21(28)12-10-20)26(24(18)19(2)30)33-17-14-29-22-7-3-4-8-22/h9-13,16,22,29H,3-8,14-15,17H2,1-2H3. The van der Waals surface area contributed by atoms with E-state index in [0.717, 1.165) is 29.4 Å². The quantitative estimate of drug-likeness (QED) is 0.285. The summed E-state index contributed by atoms with van der Waals surface area (Å²) < 4.78 is 31.2. The lowest BCUT2D eigenvalue weighted by molar-refractivity contribution is 0.101. The summed E-state index contributed by atoms with van der Waals surface area (Å²) >= 11 is 0. The van der Waals surface area contributed by atoms with Crippen LogP contribution in [0.1, 0.15) is 60.5 Å². The third kappa shape index (κ3) is 5.56. The van der Waals surface area contributed by atoms with Gasteiger partial charge in [-0.3, -0.25) is 4.79 Å². The summed E-state index contributed by atoms with van der Waals surface area (Å²) in [5.41, 5.74) is 3.02. The number of hydrogen-bond acceptors (Lipinski definition) is 5. The number of ether oxygens (including phenoxy) is 2. The first kappa shape index (κ1) is 23.3. The second-order valence-corrected chi connectivity index (χ2v) is 8.74. The number of fused-ring (bicyclic) bond motifs is 1. The minimum absolute atomic E-state index is 0.0643. The van der Waals surface area contributed by atoms with E-state index in [0.29, 0.717) is 48.4 Å². The highest BCUT2D eigenvalue weighted by Crippen LogP contribution is 2.43. The van der Waals surface area contributed by atoms with Gasteiger partial charge in [0.25, 0.3) is 0 Å². The molecular weight excluding hydrogens is 421 g/mol. The maximum Gasteiger partial charge on any atom is 0.205 e. The first-order valence-corrected chi connectivity index (χ1v) is 11.8. The Kier molecular flexibility index (Phi) is 7.65. The summed E-state index contributed by atoms with van der Waals surface area (Å²) in [7, 11) is 0. The Bertz CT molecular complexity index is 1080. The summed E-state index contributed by atoms with van der Waals surface area (Å²) in [5, 5.41) is 4.39. The van der Waals surface area contributed by atoms with Crippen molar-refractivity contribution < 1.29 is 23.1 Å². The average Bonchev–Trinajstić information content (AvgIpc) is 3.49. The van der Waals surface area contributed by atoms with Crippen LogP contribution in [0.3, 0.4) is 0 Å². The Morgan fingerprint density at radius 3 is 2.55 bits per heavy atom. The van der Waals surface area contributed by atoms with E-state index in [1.165, 1.54) is 37.8 Å². The van der Waals surface area contributed by atoms with Gasteiger partial charge in [0, 0.05) is 18.0 Å². The van der Waals surface area contributed by atoms with Gasteiger partial charge in [-0.1, -0.05) is 25.0 Å². The molecule has 0 amide bonds. The van der Waals surface area contributed by atoms with Crippen molar-refractivity contribution in [3.8, 4) is 11.5 Å². The number of carbonyl (C=O) groups excluding carboxylic acids is 1. The van der Waals surface area contributed by atoms with E-state index >= 15 is 0 Å². The molecule has 0 bridgehead atoms. The van der Waals surface area contributed by atoms with Crippen LogP contribution in [0.2, 0.25) is 0 Å². The lowest BCUT2D eigenvalue weighted by atomic mass is 9.99. The highest BCUT2D eigenvalue weighted by atomic mass is 19.1. The molecule has 6 heteroatoms. The van der Waals surface area contributed by atoms with Gasteiger partial charge in [-0.25, -0.2) is 4.39 Å². The Balaban J connectivity index is 1.50. The molecule has 4 rings (SSSR count). The fraction of sp³-hybridized carbons (Fsp3) is 0.444. The zero-order chi connectivity index (χ0) is 23.2. The number of furan rings is 1. The minimum Gasteiger partial charge on any atom is -0.487 e. The molecule has 1 saturated carbocycles. The third-order valence-corrected chi connectivity index (χ3v) is 6.34. The molecule has 1 N–H and O–H groups in total. The molecule has 1 heterocycles. The molecule has 0 unspecified atom stereocenters. The van der Waals surface area contributed by atoms with Gasteiger partial charge in [-0.15, -0.1) is 0 Å². The number of Topliss-reactive ketones (excluding diaryl/α,β-unsaturated/α-hetero) is 1. The van der Waals surface area contributed by atoms with Crippen molar-refractivity contribution in [2.75, 3.05) is 19.8 Å². The van der Waals surface area contributed by atoms with E-state index in [4.69, 9.17) is 13.9 Å².